The number of phenols is 2. The van der Waals surface area contributed by atoms with Gasteiger partial charge in [-0.05, 0) is 72.5 Å². The van der Waals surface area contributed by atoms with E-state index in [1.54, 1.807) is 36.4 Å². The number of aryl methyl sites for hydroxylation is 2. The van der Waals surface area contributed by atoms with E-state index >= 15 is 0 Å². The fraction of sp³-hybridized carbons (Fsp3) is 0.0588. The standard InChI is InChI=1S/C34H26N4O8S2/c1-19-15-21(11-13-27(19)35-37-29-17-31(47(41,42)43)23-7-3-5-9-25(23)33(29)39)22-12-14-28(20(2)16-22)36-38-30-18-32(48(44,45)46)24-8-4-6-10-26(24)34(30)40/h3-18,39-40H,1-2H3,(H,41,42,43)(H,44,45,46)/b37-35+,38-36+. The van der Waals surface area contributed by atoms with E-state index in [4.69, 9.17) is 0 Å². The summed E-state index contributed by atoms with van der Waals surface area (Å²) in [7, 11) is -9.21. The number of hydrogen-bond acceptors (Lipinski definition) is 10. The van der Waals surface area contributed by atoms with Gasteiger partial charge in [0.2, 0.25) is 0 Å². The van der Waals surface area contributed by atoms with Gasteiger partial charge < -0.3 is 10.2 Å². The Morgan fingerprint density at radius 3 is 1.12 bits per heavy atom. The Morgan fingerprint density at radius 2 is 0.792 bits per heavy atom. The van der Waals surface area contributed by atoms with E-state index < -0.39 is 30.0 Å². The van der Waals surface area contributed by atoms with Gasteiger partial charge in [0.05, 0.1) is 11.4 Å². The van der Waals surface area contributed by atoms with E-state index in [-0.39, 0.29) is 44.4 Å². The summed E-state index contributed by atoms with van der Waals surface area (Å²) in [5.41, 5.74) is 3.80. The molecular weight excluding hydrogens is 657 g/mol. The number of phenolic OH excluding ortho intramolecular Hbond substituents is 2. The van der Waals surface area contributed by atoms with Crippen molar-refractivity contribution in [3.8, 4) is 22.6 Å². The fourth-order valence-corrected chi connectivity index (χ4v) is 6.75. The lowest BCUT2D eigenvalue weighted by Gasteiger charge is -2.10. The molecule has 6 aromatic rings. The highest BCUT2D eigenvalue weighted by Crippen LogP contribution is 2.41. The molecule has 0 aliphatic heterocycles. The van der Waals surface area contributed by atoms with Crippen LogP contribution in [0.4, 0.5) is 22.7 Å². The maximum Gasteiger partial charge on any atom is 0.295 e. The van der Waals surface area contributed by atoms with Crippen LogP contribution < -0.4 is 0 Å². The van der Waals surface area contributed by atoms with Crippen molar-refractivity contribution < 1.29 is 36.2 Å². The summed E-state index contributed by atoms with van der Waals surface area (Å²) in [6, 6.07) is 25.3. The maximum absolute atomic E-state index is 12.0. The van der Waals surface area contributed by atoms with E-state index in [0.717, 1.165) is 34.4 Å². The Morgan fingerprint density at radius 1 is 0.458 bits per heavy atom. The molecule has 242 valence electrons. The highest BCUT2D eigenvalue weighted by Gasteiger charge is 2.21. The summed E-state index contributed by atoms with van der Waals surface area (Å²) in [6.45, 7) is 3.63. The molecule has 12 nitrogen and oxygen atoms in total. The van der Waals surface area contributed by atoms with E-state index in [9.17, 15) is 36.2 Å². The van der Waals surface area contributed by atoms with Gasteiger partial charge in [-0.15, -0.1) is 10.2 Å². The first-order valence-electron chi connectivity index (χ1n) is 14.2. The second kappa shape index (κ2) is 12.2. The Kier molecular flexibility index (Phi) is 8.26. The van der Waals surface area contributed by atoms with E-state index in [2.05, 4.69) is 20.5 Å². The molecule has 0 aliphatic rings. The molecule has 4 N–H and O–H groups in total. The Balaban J connectivity index is 1.28. The van der Waals surface area contributed by atoms with Crippen LogP contribution in [0.5, 0.6) is 11.5 Å². The van der Waals surface area contributed by atoms with E-state index in [1.165, 1.54) is 24.3 Å². The third kappa shape index (κ3) is 6.24. The predicted molar refractivity (Wildman–Crippen MR) is 181 cm³/mol. The first-order chi connectivity index (χ1) is 22.7. The molecule has 0 radical (unpaired) electrons. The van der Waals surface area contributed by atoms with Gasteiger partial charge in [0.25, 0.3) is 20.2 Å². The zero-order chi connectivity index (χ0) is 34.4. The zero-order valence-corrected chi connectivity index (χ0v) is 26.9. The van der Waals surface area contributed by atoms with Crippen molar-refractivity contribution in [2.24, 2.45) is 20.5 Å². The molecule has 0 aromatic heterocycles. The molecule has 0 spiro atoms. The molecular formula is C34H26N4O8S2. The number of rotatable bonds is 7. The van der Waals surface area contributed by atoms with E-state index in [0.29, 0.717) is 11.4 Å². The molecule has 6 aromatic carbocycles. The molecule has 0 amide bonds. The molecule has 0 heterocycles. The lowest BCUT2D eigenvalue weighted by atomic mass is 10.0. The molecule has 0 saturated carbocycles. The Labute approximate surface area is 274 Å². The van der Waals surface area contributed by atoms with Crippen LogP contribution in [-0.2, 0) is 20.2 Å². The lowest BCUT2D eigenvalue weighted by Crippen LogP contribution is -1.99. The van der Waals surface area contributed by atoms with Crippen molar-refractivity contribution in [1.29, 1.82) is 0 Å². The molecule has 14 heteroatoms. The largest absolute Gasteiger partial charge is 0.505 e. The van der Waals surface area contributed by atoms with Crippen LogP contribution in [0.1, 0.15) is 11.1 Å². The van der Waals surface area contributed by atoms with Crippen molar-refractivity contribution in [1.82, 2.24) is 0 Å². The SMILES string of the molecule is Cc1cc(-c2ccc(/N=N/c3cc(S(=O)(=O)O)c4ccccc4c3O)c(C)c2)ccc1/N=N/c1cc(S(=O)(=O)O)c2ccccc2c1O. The molecule has 0 fully saturated rings. The van der Waals surface area contributed by atoms with Gasteiger partial charge in [-0.3, -0.25) is 9.11 Å². The van der Waals surface area contributed by atoms with Crippen molar-refractivity contribution in [3.63, 3.8) is 0 Å². The molecule has 0 unspecified atom stereocenters. The van der Waals surface area contributed by atoms with Crippen LogP contribution in [0.25, 0.3) is 32.7 Å². The minimum Gasteiger partial charge on any atom is -0.505 e. The second-order valence-electron chi connectivity index (χ2n) is 10.9. The normalized spacial score (nSPS) is 12.5. The topological polar surface area (TPSA) is 199 Å². The second-order valence-corrected chi connectivity index (χ2v) is 13.7. The summed E-state index contributed by atoms with van der Waals surface area (Å²) in [5.74, 6) is -0.558. The summed E-state index contributed by atoms with van der Waals surface area (Å²) >= 11 is 0. The predicted octanol–water partition coefficient (Wildman–Crippen LogP) is 9.01. The zero-order valence-electron chi connectivity index (χ0n) is 25.3. The van der Waals surface area contributed by atoms with Gasteiger partial charge in [0.1, 0.15) is 21.2 Å². The minimum absolute atomic E-state index is 0.128. The summed E-state index contributed by atoms with van der Waals surface area (Å²) < 4.78 is 67.5. The van der Waals surface area contributed by atoms with Gasteiger partial charge in [-0.2, -0.15) is 27.1 Å². The third-order valence-corrected chi connectivity index (χ3v) is 9.52. The minimum atomic E-state index is -4.61. The monoisotopic (exact) mass is 682 g/mol. The number of benzene rings is 6. The van der Waals surface area contributed by atoms with Crippen LogP contribution in [0, 0.1) is 13.8 Å². The molecule has 0 saturated heterocycles. The van der Waals surface area contributed by atoms with Crippen LogP contribution in [0.3, 0.4) is 0 Å². The number of azo groups is 2. The highest BCUT2D eigenvalue weighted by molar-refractivity contribution is 7.86. The molecule has 0 atom stereocenters. The quantitative estimate of drug-likeness (QED) is 0.0944. The Bertz CT molecular complexity index is 2390. The number of nitrogens with zero attached hydrogens (tertiary/aromatic N) is 4. The number of hydrogen-bond donors (Lipinski definition) is 4. The van der Waals surface area contributed by atoms with Crippen LogP contribution in [0.15, 0.2) is 127 Å². The fourth-order valence-electron chi connectivity index (χ4n) is 5.31. The molecule has 48 heavy (non-hydrogen) atoms. The molecule has 6 rings (SSSR count). The Hall–Kier alpha value is -5.54. The van der Waals surface area contributed by atoms with Gasteiger partial charge in [0, 0.05) is 21.5 Å². The third-order valence-electron chi connectivity index (χ3n) is 7.73. The van der Waals surface area contributed by atoms with Crippen LogP contribution in [-0.4, -0.2) is 36.2 Å². The first-order valence-corrected chi connectivity index (χ1v) is 17.1. The average Bonchev–Trinajstić information content (AvgIpc) is 3.04. The van der Waals surface area contributed by atoms with Gasteiger partial charge >= 0.3 is 0 Å². The van der Waals surface area contributed by atoms with Crippen LogP contribution >= 0.6 is 0 Å². The van der Waals surface area contributed by atoms with Gasteiger partial charge in [-0.1, -0.05) is 60.7 Å². The van der Waals surface area contributed by atoms with Crippen LogP contribution in [0.2, 0.25) is 0 Å². The maximum atomic E-state index is 12.0. The summed E-state index contributed by atoms with van der Waals surface area (Å²) in [6.07, 6.45) is 0. The van der Waals surface area contributed by atoms with Crippen molar-refractivity contribution in [2.45, 2.75) is 23.6 Å². The molecule has 0 aliphatic carbocycles. The average molecular weight is 683 g/mol. The van der Waals surface area contributed by atoms with Gasteiger partial charge in [-0.25, -0.2) is 0 Å². The van der Waals surface area contributed by atoms with Gasteiger partial charge in [0.15, 0.2) is 11.5 Å². The summed E-state index contributed by atoms with van der Waals surface area (Å²) in [5, 5.41) is 38.8. The lowest BCUT2D eigenvalue weighted by molar-refractivity contribution is 0.477. The smallest absolute Gasteiger partial charge is 0.295 e. The highest BCUT2D eigenvalue weighted by atomic mass is 32.2. The first kappa shape index (κ1) is 32.4. The summed E-state index contributed by atoms with van der Waals surface area (Å²) in [4.78, 5) is -0.792. The van der Waals surface area contributed by atoms with Crippen molar-refractivity contribution in [3.05, 3.63) is 108 Å². The van der Waals surface area contributed by atoms with Crippen molar-refractivity contribution in [2.75, 3.05) is 0 Å². The van der Waals surface area contributed by atoms with E-state index in [1.807, 2.05) is 38.1 Å². The number of fused-ring (bicyclic) bond motifs is 2. The molecule has 0 bridgehead atoms. The van der Waals surface area contributed by atoms with Crippen molar-refractivity contribution >= 4 is 64.5 Å². The number of aromatic hydroxyl groups is 2.